The second-order valence-electron chi connectivity index (χ2n) is 9.16. The van der Waals surface area contributed by atoms with Crippen LogP contribution in [0.5, 0.6) is 0 Å². The molecule has 1 unspecified atom stereocenters. The molecule has 3 rings (SSSR count). The Balaban J connectivity index is 0.000000469. The van der Waals surface area contributed by atoms with Crippen molar-refractivity contribution < 1.29 is 4.79 Å². The summed E-state index contributed by atoms with van der Waals surface area (Å²) in [6.07, 6.45) is 11.2. The fourth-order valence-electron chi connectivity index (χ4n) is 4.58. The number of carbonyl (C=O) groups excluding carboxylic acids is 1. The number of amides is 1. The van der Waals surface area contributed by atoms with Gasteiger partial charge < -0.3 is 9.80 Å². The fraction of sp³-hybridized carbons (Fsp3) is 0.680. The third kappa shape index (κ3) is 7.51. The van der Waals surface area contributed by atoms with Crippen LogP contribution in [0.15, 0.2) is 18.2 Å². The van der Waals surface area contributed by atoms with Crippen molar-refractivity contribution in [2.45, 2.75) is 78.2 Å². The molecule has 1 saturated carbocycles. The molecule has 1 aliphatic carbocycles. The third-order valence-electron chi connectivity index (χ3n) is 6.24. The van der Waals surface area contributed by atoms with Crippen LogP contribution in [0.25, 0.3) is 0 Å². The largest absolute Gasteiger partial charge is 0.366 e. The van der Waals surface area contributed by atoms with Gasteiger partial charge in [-0.25, -0.2) is 0 Å². The summed E-state index contributed by atoms with van der Waals surface area (Å²) in [5, 5.41) is 9.60. The average molecular weight is 432 g/mol. The summed E-state index contributed by atoms with van der Waals surface area (Å²) in [7, 11) is 0. The Labute approximate surface area is 188 Å². The average Bonchev–Trinajstić information content (AvgIpc) is 3.22. The van der Waals surface area contributed by atoms with Crippen molar-refractivity contribution in [3.05, 3.63) is 28.8 Å². The van der Waals surface area contributed by atoms with Crippen molar-refractivity contribution in [2.75, 3.05) is 24.5 Å². The summed E-state index contributed by atoms with van der Waals surface area (Å²) in [4.78, 5) is 15.4. The molecule has 4 nitrogen and oxygen atoms in total. The maximum Gasteiger partial charge on any atom is 0.209 e. The van der Waals surface area contributed by atoms with Crippen LogP contribution in [-0.2, 0) is 4.79 Å². The number of likely N-dealkylation sites (tertiary alicyclic amines) is 1. The summed E-state index contributed by atoms with van der Waals surface area (Å²) in [6, 6.07) is 8.17. The number of benzene rings is 1. The minimum Gasteiger partial charge on any atom is -0.366 e. The number of nitriles is 1. The van der Waals surface area contributed by atoms with Crippen LogP contribution in [0.2, 0.25) is 5.02 Å². The zero-order valence-corrected chi connectivity index (χ0v) is 19.7. The summed E-state index contributed by atoms with van der Waals surface area (Å²) < 4.78 is 0. The molecule has 0 bridgehead atoms. The first-order valence-electron chi connectivity index (χ1n) is 11.6. The number of hydrogen-bond acceptors (Lipinski definition) is 3. The number of carbonyl (C=O) groups is 1. The first-order chi connectivity index (χ1) is 14.5. The maximum atomic E-state index is 11.1. The highest BCUT2D eigenvalue weighted by Gasteiger charge is 2.29. The fourth-order valence-corrected chi connectivity index (χ4v) is 4.80. The number of nitrogens with zero attached hydrogens (tertiary/aromatic N) is 3. The van der Waals surface area contributed by atoms with E-state index in [1.807, 2.05) is 17.0 Å². The standard InChI is InChI=1S/C19H24ClN3O.C6H14/c20-19-10-17(7-6-16(19)11-21)23(12-15-4-2-1-3-5-15)18-8-9-22(13-18)14-24;1-4-5-6(2)3/h6-7,10,14-15,18H,1-5,8-9,12-13H2;6H,4-5H2,1-3H3. The zero-order valence-electron chi connectivity index (χ0n) is 18.9. The lowest BCUT2D eigenvalue weighted by atomic mass is 9.88. The third-order valence-corrected chi connectivity index (χ3v) is 6.55. The van der Waals surface area contributed by atoms with Crippen molar-refractivity contribution in [2.24, 2.45) is 11.8 Å². The van der Waals surface area contributed by atoms with Crippen LogP contribution in [0, 0.1) is 23.2 Å². The van der Waals surface area contributed by atoms with Gasteiger partial charge in [0.25, 0.3) is 0 Å². The van der Waals surface area contributed by atoms with E-state index in [0.29, 0.717) is 22.5 Å². The molecular weight excluding hydrogens is 394 g/mol. The molecule has 0 radical (unpaired) electrons. The highest BCUT2D eigenvalue weighted by Crippen LogP contribution is 2.31. The lowest BCUT2D eigenvalue weighted by Crippen LogP contribution is -2.41. The smallest absolute Gasteiger partial charge is 0.209 e. The van der Waals surface area contributed by atoms with Crippen LogP contribution in [-0.4, -0.2) is 37.0 Å². The van der Waals surface area contributed by atoms with Gasteiger partial charge in [0.1, 0.15) is 6.07 Å². The van der Waals surface area contributed by atoms with Crippen LogP contribution in [0.3, 0.4) is 0 Å². The molecule has 1 amide bonds. The predicted molar refractivity (Wildman–Crippen MR) is 126 cm³/mol. The van der Waals surface area contributed by atoms with Gasteiger partial charge in [-0.05, 0) is 49.3 Å². The minimum absolute atomic E-state index is 0.334. The molecule has 0 N–H and O–H groups in total. The predicted octanol–water partition coefficient (Wildman–Crippen LogP) is 6.27. The quantitative estimate of drug-likeness (QED) is 0.478. The highest BCUT2D eigenvalue weighted by atomic mass is 35.5. The van der Waals surface area contributed by atoms with Gasteiger partial charge in [0, 0.05) is 31.4 Å². The van der Waals surface area contributed by atoms with Crippen molar-refractivity contribution in [3.63, 3.8) is 0 Å². The van der Waals surface area contributed by atoms with Crippen LogP contribution in [0.4, 0.5) is 5.69 Å². The highest BCUT2D eigenvalue weighted by molar-refractivity contribution is 6.32. The molecule has 30 heavy (non-hydrogen) atoms. The summed E-state index contributed by atoms with van der Waals surface area (Å²) in [5.41, 5.74) is 1.58. The normalized spacial score (nSPS) is 19.2. The van der Waals surface area contributed by atoms with E-state index in [0.717, 1.165) is 44.1 Å². The number of rotatable bonds is 7. The Morgan fingerprint density at radius 2 is 2.00 bits per heavy atom. The lowest BCUT2D eigenvalue weighted by Gasteiger charge is -2.35. The van der Waals surface area contributed by atoms with Gasteiger partial charge >= 0.3 is 0 Å². The molecule has 1 heterocycles. The zero-order chi connectivity index (χ0) is 21.9. The SMILES string of the molecule is CCCC(C)C.N#Cc1ccc(N(CC2CCCCC2)C2CCN(C=O)C2)cc1Cl. The molecule has 1 saturated heterocycles. The van der Waals surface area contributed by atoms with Gasteiger partial charge in [0.15, 0.2) is 0 Å². The summed E-state index contributed by atoms with van der Waals surface area (Å²) in [5.74, 6) is 1.61. The van der Waals surface area contributed by atoms with Crippen molar-refractivity contribution in [1.82, 2.24) is 4.90 Å². The lowest BCUT2D eigenvalue weighted by molar-refractivity contribution is -0.117. The van der Waals surface area contributed by atoms with E-state index in [2.05, 4.69) is 31.7 Å². The Hall–Kier alpha value is -1.73. The molecule has 0 spiro atoms. The molecule has 1 aromatic carbocycles. The number of halogens is 1. The van der Waals surface area contributed by atoms with E-state index in [4.69, 9.17) is 16.9 Å². The van der Waals surface area contributed by atoms with Gasteiger partial charge in [-0.1, -0.05) is 64.5 Å². The Kier molecular flexibility index (Phi) is 10.5. The minimum atomic E-state index is 0.334. The Morgan fingerprint density at radius 1 is 1.27 bits per heavy atom. The monoisotopic (exact) mass is 431 g/mol. The van der Waals surface area contributed by atoms with E-state index in [1.165, 1.54) is 44.9 Å². The number of hydrogen-bond donors (Lipinski definition) is 0. The summed E-state index contributed by atoms with van der Waals surface area (Å²) >= 11 is 6.26. The van der Waals surface area contributed by atoms with Crippen LogP contribution < -0.4 is 4.90 Å². The van der Waals surface area contributed by atoms with Gasteiger partial charge in [0.2, 0.25) is 6.41 Å². The van der Waals surface area contributed by atoms with Gasteiger partial charge in [-0.3, -0.25) is 4.79 Å². The summed E-state index contributed by atoms with van der Waals surface area (Å²) in [6.45, 7) is 9.33. The van der Waals surface area contributed by atoms with E-state index in [1.54, 1.807) is 6.07 Å². The van der Waals surface area contributed by atoms with Crippen molar-refractivity contribution in [1.29, 1.82) is 5.26 Å². The molecule has 2 fully saturated rings. The van der Waals surface area contributed by atoms with Crippen molar-refractivity contribution in [3.8, 4) is 6.07 Å². The molecule has 1 aromatic rings. The van der Waals surface area contributed by atoms with Crippen LogP contribution >= 0.6 is 11.6 Å². The van der Waals surface area contributed by atoms with Gasteiger partial charge in [-0.2, -0.15) is 5.26 Å². The van der Waals surface area contributed by atoms with Crippen molar-refractivity contribution >= 4 is 23.7 Å². The molecule has 1 atom stereocenters. The Bertz CT molecular complexity index is 694. The van der Waals surface area contributed by atoms with E-state index in [-0.39, 0.29) is 0 Å². The van der Waals surface area contributed by atoms with Gasteiger partial charge in [0.05, 0.1) is 10.6 Å². The molecule has 166 valence electrons. The number of anilines is 1. The topological polar surface area (TPSA) is 47.3 Å². The second kappa shape index (κ2) is 12.8. The second-order valence-corrected chi connectivity index (χ2v) is 9.56. The first kappa shape index (κ1) is 24.5. The van der Waals surface area contributed by atoms with E-state index >= 15 is 0 Å². The Morgan fingerprint density at radius 3 is 2.50 bits per heavy atom. The molecular formula is C25H38ClN3O. The van der Waals surface area contributed by atoms with Gasteiger partial charge in [-0.15, -0.1) is 0 Å². The maximum absolute atomic E-state index is 11.1. The molecule has 5 heteroatoms. The molecule has 0 aromatic heterocycles. The van der Waals surface area contributed by atoms with E-state index in [9.17, 15) is 4.79 Å². The molecule has 1 aliphatic heterocycles. The van der Waals surface area contributed by atoms with Crippen LogP contribution in [0.1, 0.15) is 77.7 Å². The first-order valence-corrected chi connectivity index (χ1v) is 12.0. The molecule has 2 aliphatic rings. The van der Waals surface area contributed by atoms with E-state index < -0.39 is 0 Å².